The molecule has 0 aliphatic carbocycles. The van der Waals surface area contributed by atoms with Gasteiger partial charge in [0.05, 0.1) is 6.04 Å². The molecule has 1 N–H and O–H groups in total. The van der Waals surface area contributed by atoms with E-state index >= 15 is 0 Å². The van der Waals surface area contributed by atoms with Gasteiger partial charge in [-0.2, -0.15) is 0 Å². The van der Waals surface area contributed by atoms with E-state index < -0.39 is 0 Å². The average molecular weight is 283 g/mol. The lowest BCUT2D eigenvalue weighted by atomic mass is 10.0. The summed E-state index contributed by atoms with van der Waals surface area (Å²) in [6.45, 7) is 2.62. The van der Waals surface area contributed by atoms with Crippen LogP contribution < -0.4 is 5.32 Å². The topological polar surface area (TPSA) is 32.3 Å². The van der Waals surface area contributed by atoms with Gasteiger partial charge in [0.15, 0.2) is 5.78 Å². The number of carbonyl (C=O) groups excluding carboxylic acids is 1. The van der Waals surface area contributed by atoms with E-state index in [1.165, 1.54) is 0 Å². The second-order valence-corrected chi connectivity index (χ2v) is 4.99. The highest BCUT2D eigenvalue weighted by atomic mass is 79.9. The number of likely N-dealkylation sites (N-methyl/N-ethyl adjacent to an activating group) is 1. The Kier molecular flexibility index (Phi) is 3.74. The van der Waals surface area contributed by atoms with Crippen molar-refractivity contribution >= 4 is 21.7 Å². The maximum atomic E-state index is 12.2. The molecule has 0 spiro atoms. The van der Waals surface area contributed by atoms with Crippen LogP contribution in [0.15, 0.2) is 28.7 Å². The van der Waals surface area contributed by atoms with E-state index in [4.69, 9.17) is 0 Å². The number of nitrogens with one attached hydrogen (secondary N) is 1. The standard InChI is InChI=1S/C12H15BrN2O/c1-15-7-6-14-8-11(15)12(16)9-2-4-10(13)5-3-9/h2-5,11,14H,6-8H2,1H3. The van der Waals surface area contributed by atoms with Gasteiger partial charge in [-0.25, -0.2) is 0 Å². The number of rotatable bonds is 2. The highest BCUT2D eigenvalue weighted by molar-refractivity contribution is 9.10. The first-order valence-electron chi connectivity index (χ1n) is 5.39. The number of nitrogens with zero attached hydrogens (tertiary/aromatic N) is 1. The Morgan fingerprint density at radius 3 is 2.75 bits per heavy atom. The minimum atomic E-state index is -0.0325. The first-order chi connectivity index (χ1) is 7.68. The number of hydrogen-bond acceptors (Lipinski definition) is 3. The van der Waals surface area contributed by atoms with Crippen LogP contribution in [0.25, 0.3) is 0 Å². The minimum Gasteiger partial charge on any atom is -0.313 e. The van der Waals surface area contributed by atoms with Gasteiger partial charge in [0.1, 0.15) is 0 Å². The first-order valence-corrected chi connectivity index (χ1v) is 6.18. The number of hydrogen-bond donors (Lipinski definition) is 1. The molecule has 86 valence electrons. The molecule has 0 radical (unpaired) electrons. The largest absolute Gasteiger partial charge is 0.313 e. The summed E-state index contributed by atoms with van der Waals surface area (Å²) >= 11 is 3.37. The van der Waals surface area contributed by atoms with Gasteiger partial charge in [-0.15, -0.1) is 0 Å². The SMILES string of the molecule is CN1CCNCC1C(=O)c1ccc(Br)cc1. The van der Waals surface area contributed by atoms with Crippen molar-refractivity contribution < 1.29 is 4.79 Å². The number of benzene rings is 1. The Bertz CT molecular complexity index is 377. The zero-order chi connectivity index (χ0) is 11.5. The third-order valence-corrected chi connectivity index (χ3v) is 3.47. The van der Waals surface area contributed by atoms with Gasteiger partial charge in [0.2, 0.25) is 0 Å². The summed E-state index contributed by atoms with van der Waals surface area (Å²) in [4.78, 5) is 14.3. The zero-order valence-electron chi connectivity index (χ0n) is 9.24. The van der Waals surface area contributed by atoms with Crippen molar-refractivity contribution in [2.45, 2.75) is 6.04 Å². The van der Waals surface area contributed by atoms with Gasteiger partial charge < -0.3 is 5.32 Å². The molecule has 0 amide bonds. The molecule has 1 unspecified atom stereocenters. The molecule has 4 heteroatoms. The second kappa shape index (κ2) is 5.08. The van der Waals surface area contributed by atoms with E-state index in [0.717, 1.165) is 29.7 Å². The highest BCUT2D eigenvalue weighted by Gasteiger charge is 2.26. The summed E-state index contributed by atoms with van der Waals surface area (Å²) in [5.74, 6) is 0.196. The molecule has 0 aromatic heterocycles. The Labute approximate surface area is 104 Å². The van der Waals surface area contributed by atoms with Crippen LogP contribution in [0.3, 0.4) is 0 Å². The van der Waals surface area contributed by atoms with Gasteiger partial charge in [-0.1, -0.05) is 28.1 Å². The molecule has 1 heterocycles. The van der Waals surface area contributed by atoms with Crippen molar-refractivity contribution in [3.63, 3.8) is 0 Å². The monoisotopic (exact) mass is 282 g/mol. The lowest BCUT2D eigenvalue weighted by Gasteiger charge is -2.31. The molecule has 1 saturated heterocycles. The fourth-order valence-electron chi connectivity index (χ4n) is 1.91. The molecule has 16 heavy (non-hydrogen) atoms. The second-order valence-electron chi connectivity index (χ2n) is 4.07. The third-order valence-electron chi connectivity index (χ3n) is 2.94. The molecular formula is C12H15BrN2O. The summed E-state index contributed by atoms with van der Waals surface area (Å²) < 4.78 is 0.999. The zero-order valence-corrected chi connectivity index (χ0v) is 10.8. The number of halogens is 1. The van der Waals surface area contributed by atoms with E-state index in [1.54, 1.807) is 0 Å². The van der Waals surface area contributed by atoms with Crippen LogP contribution in [0.2, 0.25) is 0 Å². The number of Topliss-reactive ketones (excluding diaryl/α,β-unsaturated/α-hetero) is 1. The van der Waals surface area contributed by atoms with E-state index in [2.05, 4.69) is 26.1 Å². The smallest absolute Gasteiger partial charge is 0.181 e. The molecule has 1 aliphatic rings. The summed E-state index contributed by atoms with van der Waals surface area (Å²) in [7, 11) is 2.00. The van der Waals surface area contributed by atoms with Crippen LogP contribution in [0.4, 0.5) is 0 Å². The summed E-state index contributed by atoms with van der Waals surface area (Å²) in [5.41, 5.74) is 0.781. The minimum absolute atomic E-state index is 0.0325. The fourth-order valence-corrected chi connectivity index (χ4v) is 2.17. The van der Waals surface area contributed by atoms with Crippen LogP contribution in [0.1, 0.15) is 10.4 Å². The van der Waals surface area contributed by atoms with E-state index in [-0.39, 0.29) is 11.8 Å². The normalized spacial score (nSPS) is 22.0. The molecule has 1 atom stereocenters. The Morgan fingerprint density at radius 1 is 1.44 bits per heavy atom. The maximum absolute atomic E-state index is 12.2. The molecular weight excluding hydrogens is 268 g/mol. The van der Waals surface area contributed by atoms with Gasteiger partial charge in [-0.05, 0) is 19.2 Å². The third kappa shape index (κ3) is 2.51. The number of ketones is 1. The summed E-state index contributed by atoms with van der Waals surface area (Å²) in [6, 6.07) is 7.52. The molecule has 2 rings (SSSR count). The Hall–Kier alpha value is -0.710. The molecule has 1 aliphatic heterocycles. The molecule has 0 bridgehead atoms. The lowest BCUT2D eigenvalue weighted by molar-refractivity contribution is 0.0819. The van der Waals surface area contributed by atoms with Crippen molar-refractivity contribution in [1.29, 1.82) is 0 Å². The average Bonchev–Trinajstić information content (AvgIpc) is 2.30. The van der Waals surface area contributed by atoms with Crippen LogP contribution in [-0.4, -0.2) is 43.4 Å². The van der Waals surface area contributed by atoms with E-state index in [9.17, 15) is 4.79 Å². The van der Waals surface area contributed by atoms with Gasteiger partial charge in [0, 0.05) is 29.7 Å². The van der Waals surface area contributed by atoms with Crippen molar-refractivity contribution in [3.05, 3.63) is 34.3 Å². The van der Waals surface area contributed by atoms with Crippen LogP contribution in [0.5, 0.6) is 0 Å². The Balaban J connectivity index is 2.14. The van der Waals surface area contributed by atoms with Crippen LogP contribution in [0, 0.1) is 0 Å². The molecule has 3 nitrogen and oxygen atoms in total. The van der Waals surface area contributed by atoms with Gasteiger partial charge in [0.25, 0.3) is 0 Å². The fraction of sp³-hybridized carbons (Fsp3) is 0.417. The predicted molar refractivity (Wildman–Crippen MR) is 67.8 cm³/mol. The van der Waals surface area contributed by atoms with Crippen molar-refractivity contribution in [2.24, 2.45) is 0 Å². The van der Waals surface area contributed by atoms with E-state index in [0.29, 0.717) is 0 Å². The maximum Gasteiger partial charge on any atom is 0.181 e. The molecule has 1 aromatic rings. The van der Waals surface area contributed by atoms with Crippen molar-refractivity contribution in [1.82, 2.24) is 10.2 Å². The predicted octanol–water partition coefficient (Wildman–Crippen LogP) is 1.54. The molecule has 1 aromatic carbocycles. The number of piperazine rings is 1. The van der Waals surface area contributed by atoms with Gasteiger partial charge >= 0.3 is 0 Å². The van der Waals surface area contributed by atoms with E-state index in [1.807, 2.05) is 31.3 Å². The summed E-state index contributed by atoms with van der Waals surface area (Å²) in [6.07, 6.45) is 0. The summed E-state index contributed by atoms with van der Waals surface area (Å²) in [5, 5.41) is 3.26. The first kappa shape index (κ1) is 11.8. The molecule has 1 fully saturated rings. The Morgan fingerprint density at radius 2 is 2.12 bits per heavy atom. The lowest BCUT2D eigenvalue weighted by Crippen LogP contribution is -2.53. The quantitative estimate of drug-likeness (QED) is 0.836. The van der Waals surface area contributed by atoms with Crippen LogP contribution >= 0.6 is 15.9 Å². The van der Waals surface area contributed by atoms with Crippen molar-refractivity contribution in [2.75, 3.05) is 26.7 Å². The molecule has 0 saturated carbocycles. The number of carbonyl (C=O) groups is 1. The van der Waals surface area contributed by atoms with Crippen LogP contribution in [-0.2, 0) is 0 Å². The van der Waals surface area contributed by atoms with Gasteiger partial charge in [-0.3, -0.25) is 9.69 Å². The van der Waals surface area contributed by atoms with Crippen molar-refractivity contribution in [3.8, 4) is 0 Å². The highest BCUT2D eigenvalue weighted by Crippen LogP contribution is 2.14.